The minimum Gasteiger partial charge on any atom is -0.456 e. The van der Waals surface area contributed by atoms with Crippen molar-refractivity contribution in [3.63, 3.8) is 0 Å². The fraction of sp³-hybridized carbons (Fsp3) is 0.316. The highest BCUT2D eigenvalue weighted by atomic mass is 32.2. The van der Waals surface area contributed by atoms with Gasteiger partial charge in [0.05, 0.1) is 11.3 Å². The molecular formula is C19H20N4O3S. The number of anilines is 1. The van der Waals surface area contributed by atoms with Gasteiger partial charge in [0.2, 0.25) is 0 Å². The summed E-state index contributed by atoms with van der Waals surface area (Å²) in [6, 6.07) is 8.60. The van der Waals surface area contributed by atoms with Gasteiger partial charge in [-0.1, -0.05) is 23.9 Å². The molecular weight excluding hydrogens is 364 g/mol. The number of nitriles is 1. The van der Waals surface area contributed by atoms with Crippen LogP contribution in [0, 0.1) is 25.2 Å². The Morgan fingerprint density at radius 3 is 2.52 bits per heavy atom. The summed E-state index contributed by atoms with van der Waals surface area (Å²) in [5, 5.41) is 12.3. The van der Waals surface area contributed by atoms with Crippen LogP contribution in [-0.2, 0) is 20.7 Å². The van der Waals surface area contributed by atoms with Gasteiger partial charge in [-0.25, -0.2) is 9.97 Å². The molecule has 0 fully saturated rings. The first-order valence-corrected chi connectivity index (χ1v) is 9.49. The normalized spacial score (nSPS) is 10.1. The number of aromatic nitrogens is 2. The molecule has 140 valence electrons. The van der Waals surface area contributed by atoms with Gasteiger partial charge < -0.3 is 10.1 Å². The van der Waals surface area contributed by atoms with E-state index in [0.717, 1.165) is 17.0 Å². The number of hydrogen-bond donors (Lipinski definition) is 1. The number of nitrogens with one attached hydrogen (secondary N) is 1. The second kappa shape index (κ2) is 9.69. The molecule has 0 bridgehead atoms. The number of benzene rings is 1. The van der Waals surface area contributed by atoms with E-state index < -0.39 is 18.5 Å². The standard InChI is InChI=1S/C19H20N4O3S/c1-12-15(13(2)22-19(21-12)27-3)8-9-18(25)26-11-17(24)23-16-7-5-4-6-14(16)10-20/h4-7H,8-9,11H2,1-3H3,(H,23,24). The van der Waals surface area contributed by atoms with Crippen LogP contribution in [0.5, 0.6) is 0 Å². The van der Waals surface area contributed by atoms with E-state index in [9.17, 15) is 9.59 Å². The van der Waals surface area contributed by atoms with Crippen LogP contribution < -0.4 is 5.32 Å². The molecule has 7 nitrogen and oxygen atoms in total. The van der Waals surface area contributed by atoms with Crippen molar-refractivity contribution in [2.24, 2.45) is 0 Å². The number of nitrogens with zero attached hydrogens (tertiary/aromatic N) is 3. The van der Waals surface area contributed by atoms with Crippen molar-refractivity contribution in [3.8, 4) is 6.07 Å². The van der Waals surface area contributed by atoms with E-state index >= 15 is 0 Å². The predicted molar refractivity (Wildman–Crippen MR) is 102 cm³/mol. The third-order valence-corrected chi connectivity index (χ3v) is 4.40. The minimum atomic E-state index is -0.494. The average Bonchev–Trinajstić information content (AvgIpc) is 2.65. The Morgan fingerprint density at radius 1 is 1.22 bits per heavy atom. The van der Waals surface area contributed by atoms with Crippen molar-refractivity contribution in [1.29, 1.82) is 5.26 Å². The van der Waals surface area contributed by atoms with Crippen LogP contribution in [0.3, 0.4) is 0 Å². The van der Waals surface area contributed by atoms with Crippen LogP contribution in [0.25, 0.3) is 0 Å². The SMILES string of the molecule is CSc1nc(C)c(CCC(=O)OCC(=O)Nc2ccccc2C#N)c(C)n1. The van der Waals surface area contributed by atoms with E-state index in [4.69, 9.17) is 10.00 Å². The smallest absolute Gasteiger partial charge is 0.306 e. The molecule has 0 spiro atoms. The number of aryl methyl sites for hydroxylation is 2. The third-order valence-electron chi connectivity index (χ3n) is 3.85. The lowest BCUT2D eigenvalue weighted by molar-refractivity contribution is -0.147. The molecule has 2 rings (SSSR count). The van der Waals surface area contributed by atoms with Crippen LogP contribution in [0.2, 0.25) is 0 Å². The molecule has 1 aromatic carbocycles. The zero-order chi connectivity index (χ0) is 19.8. The second-order valence-electron chi connectivity index (χ2n) is 5.73. The number of para-hydroxylation sites is 1. The molecule has 2 aromatic rings. The largest absolute Gasteiger partial charge is 0.456 e. The van der Waals surface area contributed by atoms with Crippen molar-refractivity contribution in [1.82, 2.24) is 9.97 Å². The lowest BCUT2D eigenvalue weighted by Crippen LogP contribution is -2.21. The van der Waals surface area contributed by atoms with Crippen LogP contribution in [0.15, 0.2) is 29.4 Å². The highest BCUT2D eigenvalue weighted by molar-refractivity contribution is 7.98. The topological polar surface area (TPSA) is 105 Å². The molecule has 0 aliphatic rings. The summed E-state index contributed by atoms with van der Waals surface area (Å²) >= 11 is 1.47. The van der Waals surface area contributed by atoms with Crippen LogP contribution in [0.1, 0.15) is 28.9 Å². The number of ether oxygens (including phenoxy) is 1. The molecule has 0 saturated heterocycles. The molecule has 1 aromatic heterocycles. The number of amides is 1. The van der Waals surface area contributed by atoms with E-state index in [1.165, 1.54) is 11.8 Å². The predicted octanol–water partition coefficient (Wildman–Crippen LogP) is 2.80. The van der Waals surface area contributed by atoms with Gasteiger partial charge in [-0.3, -0.25) is 9.59 Å². The molecule has 0 saturated carbocycles. The van der Waals surface area contributed by atoms with Gasteiger partial charge in [-0.15, -0.1) is 0 Å². The second-order valence-corrected chi connectivity index (χ2v) is 6.50. The maximum atomic E-state index is 11.9. The molecule has 0 aliphatic heterocycles. The molecule has 0 unspecified atom stereocenters. The maximum Gasteiger partial charge on any atom is 0.306 e. The summed E-state index contributed by atoms with van der Waals surface area (Å²) in [4.78, 5) is 32.6. The molecule has 0 atom stereocenters. The molecule has 1 N–H and O–H groups in total. The van der Waals surface area contributed by atoms with Crippen LogP contribution >= 0.6 is 11.8 Å². The summed E-state index contributed by atoms with van der Waals surface area (Å²) in [7, 11) is 0. The van der Waals surface area contributed by atoms with E-state index in [1.807, 2.05) is 26.2 Å². The number of carbonyl (C=O) groups is 2. The molecule has 1 amide bonds. The summed E-state index contributed by atoms with van der Waals surface area (Å²) in [5.41, 5.74) is 3.32. The van der Waals surface area contributed by atoms with E-state index in [2.05, 4.69) is 15.3 Å². The monoisotopic (exact) mass is 384 g/mol. The van der Waals surface area contributed by atoms with Gasteiger partial charge >= 0.3 is 5.97 Å². The number of carbonyl (C=O) groups excluding carboxylic acids is 2. The Labute approximate surface area is 162 Å². The van der Waals surface area contributed by atoms with Gasteiger partial charge in [0.15, 0.2) is 11.8 Å². The zero-order valence-corrected chi connectivity index (χ0v) is 16.2. The summed E-state index contributed by atoms with van der Waals surface area (Å²) < 4.78 is 5.02. The number of hydrogen-bond acceptors (Lipinski definition) is 7. The van der Waals surface area contributed by atoms with Crippen molar-refractivity contribution in [2.45, 2.75) is 31.8 Å². The Morgan fingerprint density at radius 2 is 1.89 bits per heavy atom. The summed E-state index contributed by atoms with van der Waals surface area (Å²) in [6.45, 7) is 3.36. The average molecular weight is 384 g/mol. The van der Waals surface area contributed by atoms with E-state index in [-0.39, 0.29) is 6.42 Å². The van der Waals surface area contributed by atoms with Gasteiger partial charge in [0.25, 0.3) is 5.91 Å². The van der Waals surface area contributed by atoms with Crippen molar-refractivity contribution in [3.05, 3.63) is 46.8 Å². The molecule has 0 radical (unpaired) electrons. The number of thioether (sulfide) groups is 1. The fourth-order valence-corrected chi connectivity index (χ4v) is 2.94. The quantitative estimate of drug-likeness (QED) is 0.444. The zero-order valence-electron chi connectivity index (χ0n) is 15.4. The Kier molecular flexibility index (Phi) is 7.32. The van der Waals surface area contributed by atoms with E-state index in [1.54, 1.807) is 24.3 Å². The molecule has 27 heavy (non-hydrogen) atoms. The lowest BCUT2D eigenvalue weighted by atomic mass is 10.1. The van der Waals surface area contributed by atoms with Crippen LogP contribution in [0.4, 0.5) is 5.69 Å². The highest BCUT2D eigenvalue weighted by Crippen LogP contribution is 2.17. The first-order chi connectivity index (χ1) is 12.9. The highest BCUT2D eigenvalue weighted by Gasteiger charge is 2.13. The van der Waals surface area contributed by atoms with Gasteiger partial charge in [-0.05, 0) is 44.2 Å². The number of rotatable bonds is 7. The van der Waals surface area contributed by atoms with Crippen molar-refractivity contribution in [2.75, 3.05) is 18.2 Å². The van der Waals surface area contributed by atoms with Crippen molar-refractivity contribution < 1.29 is 14.3 Å². The molecule has 1 heterocycles. The Bertz CT molecular complexity index is 870. The first kappa shape index (κ1) is 20.4. The third kappa shape index (κ3) is 5.79. The van der Waals surface area contributed by atoms with Crippen LogP contribution in [-0.4, -0.2) is 34.7 Å². The molecule has 8 heteroatoms. The molecule has 0 aliphatic carbocycles. The van der Waals surface area contributed by atoms with Gasteiger partial charge in [0, 0.05) is 17.8 Å². The Hall–Kier alpha value is -2.92. The van der Waals surface area contributed by atoms with Gasteiger partial charge in [0.1, 0.15) is 6.07 Å². The minimum absolute atomic E-state index is 0.131. The Balaban J connectivity index is 1.85. The summed E-state index contributed by atoms with van der Waals surface area (Å²) in [5.74, 6) is -0.975. The van der Waals surface area contributed by atoms with E-state index in [0.29, 0.717) is 22.8 Å². The summed E-state index contributed by atoms with van der Waals surface area (Å²) in [6.07, 6.45) is 2.49. The fourth-order valence-electron chi connectivity index (χ4n) is 2.48. The van der Waals surface area contributed by atoms with Gasteiger partial charge in [-0.2, -0.15) is 5.26 Å². The maximum absolute atomic E-state index is 11.9. The van der Waals surface area contributed by atoms with Crippen molar-refractivity contribution >= 4 is 29.3 Å². The number of esters is 1. The first-order valence-electron chi connectivity index (χ1n) is 8.27. The lowest BCUT2D eigenvalue weighted by Gasteiger charge is -2.10.